The number of amides is 1. The Hall–Kier alpha value is -3.00. The van der Waals surface area contributed by atoms with Gasteiger partial charge in [0.25, 0.3) is 0 Å². The predicted molar refractivity (Wildman–Crippen MR) is 100 cm³/mol. The first kappa shape index (κ1) is 17.8. The molecule has 0 saturated heterocycles. The summed E-state index contributed by atoms with van der Waals surface area (Å²) in [5.74, 6) is 0.449. The molecule has 0 unspecified atom stereocenters. The lowest BCUT2D eigenvalue weighted by Crippen LogP contribution is -2.22. The van der Waals surface area contributed by atoms with Crippen molar-refractivity contribution in [2.45, 2.75) is 24.3 Å². The summed E-state index contributed by atoms with van der Waals surface area (Å²) in [6.07, 6.45) is 3.36. The molecule has 7 nitrogen and oxygen atoms in total. The van der Waals surface area contributed by atoms with Crippen molar-refractivity contribution in [2.24, 2.45) is 0 Å². The fraction of sp³-hybridized carbons (Fsp3) is 0.167. The molecular weight excluding hydrogens is 350 g/mol. The zero-order valence-electron chi connectivity index (χ0n) is 14.3. The number of aromatic amines is 1. The standard InChI is InChI=1S/C18H17N5O2S/c1-11(24)13-3-5-15(6-4-13)20-17(25)12(2)26-18-21-16(22-23-18)14-7-9-19-10-8-14/h3-10,12H,1-2H3,(H,20,25)(H,21,22,23)/t12-/m1/s1. The molecule has 0 radical (unpaired) electrons. The van der Waals surface area contributed by atoms with Gasteiger partial charge < -0.3 is 5.32 Å². The average molecular weight is 367 g/mol. The molecule has 26 heavy (non-hydrogen) atoms. The summed E-state index contributed by atoms with van der Waals surface area (Å²) >= 11 is 1.26. The van der Waals surface area contributed by atoms with Crippen molar-refractivity contribution >= 4 is 29.1 Å². The minimum atomic E-state index is -0.386. The number of nitrogens with one attached hydrogen (secondary N) is 2. The molecule has 3 rings (SSSR count). The van der Waals surface area contributed by atoms with Gasteiger partial charge in [0.15, 0.2) is 11.6 Å². The van der Waals surface area contributed by atoms with E-state index < -0.39 is 0 Å². The van der Waals surface area contributed by atoms with E-state index in [-0.39, 0.29) is 16.9 Å². The molecule has 3 aromatic rings. The van der Waals surface area contributed by atoms with Crippen LogP contribution >= 0.6 is 11.8 Å². The SMILES string of the molecule is CC(=O)c1ccc(NC(=O)[C@@H](C)Sc2n[nH]c(-c3ccncc3)n2)cc1. The van der Waals surface area contributed by atoms with Crippen LogP contribution in [0, 0.1) is 0 Å². The number of nitrogens with zero attached hydrogens (tertiary/aromatic N) is 3. The summed E-state index contributed by atoms with van der Waals surface area (Å²) in [4.78, 5) is 32.0. The molecule has 0 aliphatic carbocycles. The van der Waals surface area contributed by atoms with E-state index >= 15 is 0 Å². The lowest BCUT2D eigenvalue weighted by atomic mass is 10.1. The number of carbonyl (C=O) groups excluding carboxylic acids is 2. The third-order valence-electron chi connectivity index (χ3n) is 3.63. The van der Waals surface area contributed by atoms with Crippen LogP contribution in [0.2, 0.25) is 0 Å². The summed E-state index contributed by atoms with van der Waals surface area (Å²) in [5, 5.41) is 9.93. The second-order valence-electron chi connectivity index (χ2n) is 5.59. The van der Waals surface area contributed by atoms with Crippen molar-refractivity contribution in [3.8, 4) is 11.4 Å². The van der Waals surface area contributed by atoms with E-state index in [1.54, 1.807) is 43.6 Å². The number of H-pyrrole nitrogens is 1. The predicted octanol–water partition coefficient (Wildman–Crippen LogP) is 3.19. The van der Waals surface area contributed by atoms with E-state index in [4.69, 9.17) is 0 Å². The highest BCUT2D eigenvalue weighted by Crippen LogP contribution is 2.23. The van der Waals surface area contributed by atoms with Gasteiger partial charge in [0, 0.05) is 29.2 Å². The Kier molecular flexibility index (Phi) is 5.43. The molecule has 0 bridgehead atoms. The fourth-order valence-electron chi connectivity index (χ4n) is 2.18. The van der Waals surface area contributed by atoms with Gasteiger partial charge in [-0.3, -0.25) is 19.7 Å². The molecular formula is C18H17N5O2S. The number of anilines is 1. The monoisotopic (exact) mass is 367 g/mol. The number of aromatic nitrogens is 4. The van der Waals surface area contributed by atoms with E-state index in [1.807, 2.05) is 12.1 Å². The summed E-state index contributed by atoms with van der Waals surface area (Å²) in [6.45, 7) is 3.29. The fourth-order valence-corrected chi connectivity index (χ4v) is 2.91. The second kappa shape index (κ2) is 7.92. The smallest absolute Gasteiger partial charge is 0.237 e. The Labute approximate surface area is 154 Å². The Morgan fingerprint density at radius 3 is 2.46 bits per heavy atom. The number of thioether (sulfide) groups is 1. The van der Waals surface area contributed by atoms with Crippen LogP contribution < -0.4 is 5.32 Å². The Morgan fingerprint density at radius 2 is 1.81 bits per heavy atom. The van der Waals surface area contributed by atoms with Crippen LogP contribution in [-0.4, -0.2) is 37.1 Å². The Bertz CT molecular complexity index is 909. The third kappa shape index (κ3) is 4.34. The van der Waals surface area contributed by atoms with E-state index in [1.165, 1.54) is 18.7 Å². The summed E-state index contributed by atoms with van der Waals surface area (Å²) < 4.78 is 0. The molecule has 0 saturated carbocycles. The molecule has 132 valence electrons. The molecule has 2 N–H and O–H groups in total. The lowest BCUT2D eigenvalue weighted by Gasteiger charge is -2.10. The highest BCUT2D eigenvalue weighted by Gasteiger charge is 2.17. The number of Topliss-reactive ketones (excluding diaryl/α,β-unsaturated/α-hetero) is 1. The van der Waals surface area contributed by atoms with Crippen LogP contribution in [0.5, 0.6) is 0 Å². The number of ketones is 1. The minimum Gasteiger partial charge on any atom is -0.325 e. The maximum absolute atomic E-state index is 12.3. The Balaban J connectivity index is 1.61. The van der Waals surface area contributed by atoms with Crippen molar-refractivity contribution in [1.29, 1.82) is 0 Å². The molecule has 0 aliphatic rings. The first-order chi connectivity index (χ1) is 12.5. The first-order valence-corrected chi connectivity index (χ1v) is 8.82. The number of hydrogen-bond donors (Lipinski definition) is 2. The average Bonchev–Trinajstić information content (AvgIpc) is 3.11. The zero-order valence-corrected chi connectivity index (χ0v) is 15.1. The van der Waals surface area contributed by atoms with E-state index in [0.717, 1.165) is 5.56 Å². The van der Waals surface area contributed by atoms with Gasteiger partial charge in [0.1, 0.15) is 0 Å². The van der Waals surface area contributed by atoms with Crippen molar-refractivity contribution in [3.63, 3.8) is 0 Å². The number of rotatable bonds is 6. The van der Waals surface area contributed by atoms with Gasteiger partial charge in [0.05, 0.1) is 5.25 Å². The highest BCUT2D eigenvalue weighted by molar-refractivity contribution is 8.00. The van der Waals surface area contributed by atoms with Gasteiger partial charge in [-0.05, 0) is 50.2 Å². The molecule has 0 fully saturated rings. The van der Waals surface area contributed by atoms with Crippen LogP contribution in [0.25, 0.3) is 11.4 Å². The van der Waals surface area contributed by atoms with Gasteiger partial charge in [-0.25, -0.2) is 4.98 Å². The van der Waals surface area contributed by atoms with Crippen LogP contribution in [0.3, 0.4) is 0 Å². The topological polar surface area (TPSA) is 101 Å². The maximum atomic E-state index is 12.3. The van der Waals surface area contributed by atoms with Crippen molar-refractivity contribution in [1.82, 2.24) is 20.2 Å². The zero-order chi connectivity index (χ0) is 18.5. The second-order valence-corrected chi connectivity index (χ2v) is 6.89. The van der Waals surface area contributed by atoms with Crippen LogP contribution in [0.4, 0.5) is 5.69 Å². The lowest BCUT2D eigenvalue weighted by molar-refractivity contribution is -0.115. The van der Waals surface area contributed by atoms with Crippen molar-refractivity contribution in [3.05, 3.63) is 54.4 Å². The molecule has 0 aliphatic heterocycles. The van der Waals surface area contributed by atoms with Crippen LogP contribution in [0.1, 0.15) is 24.2 Å². The maximum Gasteiger partial charge on any atom is 0.237 e. The largest absolute Gasteiger partial charge is 0.325 e. The van der Waals surface area contributed by atoms with Gasteiger partial charge in [-0.1, -0.05) is 11.8 Å². The first-order valence-electron chi connectivity index (χ1n) is 7.94. The number of benzene rings is 1. The summed E-state index contributed by atoms with van der Waals surface area (Å²) in [5.41, 5.74) is 2.12. The van der Waals surface area contributed by atoms with Gasteiger partial charge >= 0.3 is 0 Å². The molecule has 2 heterocycles. The normalized spacial score (nSPS) is 11.8. The highest BCUT2D eigenvalue weighted by atomic mass is 32.2. The van der Waals surface area contributed by atoms with Crippen LogP contribution in [0.15, 0.2) is 53.9 Å². The van der Waals surface area contributed by atoms with Gasteiger partial charge in [-0.2, -0.15) is 0 Å². The minimum absolute atomic E-state index is 0.0126. The van der Waals surface area contributed by atoms with Crippen molar-refractivity contribution < 1.29 is 9.59 Å². The van der Waals surface area contributed by atoms with Gasteiger partial charge in [-0.15, -0.1) is 5.10 Å². The number of hydrogen-bond acceptors (Lipinski definition) is 6. The van der Waals surface area contributed by atoms with Crippen molar-refractivity contribution in [2.75, 3.05) is 5.32 Å². The molecule has 1 amide bonds. The van der Waals surface area contributed by atoms with E-state index in [0.29, 0.717) is 22.2 Å². The Morgan fingerprint density at radius 1 is 1.12 bits per heavy atom. The quantitative estimate of drug-likeness (QED) is 0.513. The molecule has 1 atom stereocenters. The van der Waals surface area contributed by atoms with E-state index in [2.05, 4.69) is 25.5 Å². The third-order valence-corrected chi connectivity index (χ3v) is 4.59. The van der Waals surface area contributed by atoms with Crippen LogP contribution in [-0.2, 0) is 4.79 Å². The molecule has 2 aromatic heterocycles. The summed E-state index contributed by atoms with van der Waals surface area (Å²) in [6, 6.07) is 10.4. The number of carbonyl (C=O) groups is 2. The van der Waals surface area contributed by atoms with Gasteiger partial charge in [0.2, 0.25) is 11.1 Å². The summed E-state index contributed by atoms with van der Waals surface area (Å²) in [7, 11) is 0. The van der Waals surface area contributed by atoms with E-state index in [9.17, 15) is 9.59 Å². The molecule has 0 spiro atoms. The molecule has 1 aromatic carbocycles. The molecule has 8 heteroatoms. The number of pyridine rings is 1.